The van der Waals surface area contributed by atoms with Gasteiger partial charge in [-0.3, -0.25) is 14.4 Å². The van der Waals surface area contributed by atoms with Crippen molar-refractivity contribution in [3.05, 3.63) is 29.8 Å². The summed E-state index contributed by atoms with van der Waals surface area (Å²) in [4.78, 5) is 56.0. The number of anilines is 1. The molecule has 234 valence electrons. The largest absolute Gasteiger partial charge is 0.444 e. The van der Waals surface area contributed by atoms with Gasteiger partial charge in [-0.2, -0.15) is 0 Å². The van der Waals surface area contributed by atoms with Crippen LogP contribution in [0.2, 0.25) is 0 Å². The molecule has 3 N–H and O–H groups in total. The molecule has 1 aromatic carbocycles. The van der Waals surface area contributed by atoms with Gasteiger partial charge in [-0.05, 0) is 64.3 Å². The number of piperazine rings is 1. The van der Waals surface area contributed by atoms with Crippen LogP contribution in [0.25, 0.3) is 0 Å². The van der Waals surface area contributed by atoms with Crippen LogP contribution in [-0.4, -0.2) is 84.5 Å². The summed E-state index contributed by atoms with van der Waals surface area (Å²) < 4.78 is 5.47. The number of carbonyl (C=O) groups is 4. The standard InChI is InChI=1S/C32H51N5O5/c1-7-26(38)34-27(30(40)37-20-18-36(6)19-21-37)22(2)23-14-16-25(17-15-23)33-29(39)28(24-12-10-8-9-11-13-24)35-31(41)42-32(3,4)5/h14-17,22,24,27-28H,7-13,18-21H2,1-6H3,(H,33,39)(H,34,38)(H,35,41). The van der Waals surface area contributed by atoms with Gasteiger partial charge < -0.3 is 30.5 Å². The molecule has 2 fully saturated rings. The van der Waals surface area contributed by atoms with Gasteiger partial charge >= 0.3 is 6.09 Å². The van der Waals surface area contributed by atoms with E-state index >= 15 is 0 Å². The molecule has 3 unspecified atom stereocenters. The number of alkyl carbamates (subject to hydrolysis) is 1. The van der Waals surface area contributed by atoms with Crippen LogP contribution in [0.3, 0.4) is 0 Å². The molecule has 1 aromatic rings. The molecular formula is C32H51N5O5. The zero-order chi connectivity index (χ0) is 30.9. The molecule has 3 atom stereocenters. The number of benzene rings is 1. The van der Waals surface area contributed by atoms with Gasteiger partial charge in [0.2, 0.25) is 17.7 Å². The average Bonchev–Trinajstić information content (AvgIpc) is 3.23. The first-order chi connectivity index (χ1) is 19.9. The molecule has 0 bridgehead atoms. The Hall–Kier alpha value is -3.14. The molecule has 0 aromatic heterocycles. The van der Waals surface area contributed by atoms with Crippen molar-refractivity contribution in [2.24, 2.45) is 5.92 Å². The summed E-state index contributed by atoms with van der Waals surface area (Å²) in [7, 11) is 2.04. The van der Waals surface area contributed by atoms with Crippen LogP contribution in [-0.2, 0) is 19.1 Å². The lowest BCUT2D eigenvalue weighted by Crippen LogP contribution is -2.55. The Bertz CT molecular complexity index is 1050. The topological polar surface area (TPSA) is 120 Å². The van der Waals surface area contributed by atoms with Crippen LogP contribution in [0, 0.1) is 5.92 Å². The van der Waals surface area contributed by atoms with Crippen molar-refractivity contribution in [1.29, 1.82) is 0 Å². The first kappa shape index (κ1) is 33.4. The summed E-state index contributed by atoms with van der Waals surface area (Å²) in [5.41, 5.74) is 0.811. The van der Waals surface area contributed by atoms with Crippen LogP contribution in [0.15, 0.2) is 24.3 Å². The molecule has 1 heterocycles. The molecule has 1 saturated carbocycles. The number of likely N-dealkylation sites (N-methyl/N-ethyl adjacent to an activating group) is 1. The maximum absolute atomic E-state index is 13.5. The van der Waals surface area contributed by atoms with Crippen molar-refractivity contribution in [1.82, 2.24) is 20.4 Å². The highest BCUT2D eigenvalue weighted by atomic mass is 16.6. The lowest BCUT2D eigenvalue weighted by Gasteiger charge is -2.36. The Morgan fingerprint density at radius 2 is 1.52 bits per heavy atom. The Labute approximate surface area is 251 Å². The van der Waals surface area contributed by atoms with Gasteiger partial charge in [-0.25, -0.2) is 4.79 Å². The van der Waals surface area contributed by atoms with Crippen molar-refractivity contribution in [3.8, 4) is 0 Å². The quantitative estimate of drug-likeness (QED) is 0.373. The van der Waals surface area contributed by atoms with E-state index in [1.807, 2.05) is 31.0 Å². The maximum Gasteiger partial charge on any atom is 0.408 e. The number of nitrogens with zero attached hydrogens (tertiary/aromatic N) is 2. The summed E-state index contributed by atoms with van der Waals surface area (Å²) in [5, 5.41) is 8.78. The molecule has 4 amide bonds. The number of ether oxygens (including phenoxy) is 1. The Morgan fingerprint density at radius 1 is 0.929 bits per heavy atom. The zero-order valence-electron chi connectivity index (χ0n) is 26.3. The fourth-order valence-corrected chi connectivity index (χ4v) is 5.66. The number of carbonyl (C=O) groups excluding carboxylic acids is 4. The minimum atomic E-state index is -0.702. The van der Waals surface area contributed by atoms with E-state index < -0.39 is 23.8 Å². The van der Waals surface area contributed by atoms with Gasteiger partial charge in [-0.15, -0.1) is 0 Å². The highest BCUT2D eigenvalue weighted by Crippen LogP contribution is 2.28. The number of amides is 4. The van der Waals surface area contributed by atoms with Gasteiger partial charge in [0.05, 0.1) is 0 Å². The monoisotopic (exact) mass is 585 g/mol. The highest BCUT2D eigenvalue weighted by molar-refractivity contribution is 5.97. The smallest absolute Gasteiger partial charge is 0.408 e. The van der Waals surface area contributed by atoms with Gasteiger partial charge in [0.15, 0.2) is 0 Å². The molecule has 42 heavy (non-hydrogen) atoms. The first-order valence-electron chi connectivity index (χ1n) is 15.5. The normalized spacial score (nSPS) is 19.1. The van der Waals surface area contributed by atoms with E-state index in [0.29, 0.717) is 25.2 Å². The number of nitrogens with one attached hydrogen (secondary N) is 3. The van der Waals surface area contributed by atoms with Crippen LogP contribution in [0.4, 0.5) is 10.5 Å². The molecule has 1 aliphatic heterocycles. The Morgan fingerprint density at radius 3 is 2.07 bits per heavy atom. The summed E-state index contributed by atoms with van der Waals surface area (Å²) in [6, 6.07) is 5.99. The number of hydrogen-bond acceptors (Lipinski definition) is 6. The molecule has 1 saturated heterocycles. The van der Waals surface area contributed by atoms with E-state index in [4.69, 9.17) is 4.74 Å². The van der Waals surface area contributed by atoms with Crippen LogP contribution in [0.5, 0.6) is 0 Å². The van der Waals surface area contributed by atoms with E-state index in [-0.39, 0.29) is 29.6 Å². The first-order valence-corrected chi connectivity index (χ1v) is 15.5. The average molecular weight is 586 g/mol. The summed E-state index contributed by atoms with van der Waals surface area (Å²) in [5.74, 6) is -0.755. The van der Waals surface area contributed by atoms with Crippen LogP contribution >= 0.6 is 0 Å². The van der Waals surface area contributed by atoms with E-state index in [0.717, 1.165) is 57.2 Å². The minimum Gasteiger partial charge on any atom is -0.444 e. The van der Waals surface area contributed by atoms with Crippen LogP contribution < -0.4 is 16.0 Å². The predicted molar refractivity (Wildman–Crippen MR) is 164 cm³/mol. The van der Waals surface area contributed by atoms with Gasteiger partial charge in [0.1, 0.15) is 17.7 Å². The minimum absolute atomic E-state index is 0.0304. The van der Waals surface area contributed by atoms with Crippen molar-refractivity contribution < 1.29 is 23.9 Å². The van der Waals surface area contributed by atoms with Crippen molar-refractivity contribution >= 4 is 29.5 Å². The van der Waals surface area contributed by atoms with Gasteiger partial charge in [0, 0.05) is 44.2 Å². The third-order valence-corrected chi connectivity index (χ3v) is 8.25. The number of hydrogen-bond donors (Lipinski definition) is 3. The van der Waals surface area contributed by atoms with Gasteiger partial charge in [-0.1, -0.05) is 51.7 Å². The second-order valence-electron chi connectivity index (χ2n) is 12.8. The van der Waals surface area contributed by atoms with Crippen molar-refractivity contribution in [2.45, 2.75) is 103 Å². The van der Waals surface area contributed by atoms with E-state index in [2.05, 4.69) is 20.9 Å². The SMILES string of the molecule is CCC(=O)NC(C(=O)N1CCN(C)CC1)C(C)c1ccc(NC(=O)C(NC(=O)OC(C)(C)C)C2CCCCCC2)cc1. The van der Waals surface area contributed by atoms with E-state index in [1.54, 1.807) is 39.8 Å². The predicted octanol–water partition coefficient (Wildman–Crippen LogP) is 4.26. The molecule has 10 heteroatoms. The van der Waals surface area contributed by atoms with E-state index in [1.165, 1.54) is 0 Å². The third-order valence-electron chi connectivity index (χ3n) is 8.25. The summed E-state index contributed by atoms with van der Waals surface area (Å²) in [6.45, 7) is 12.0. The number of rotatable bonds is 9. The second-order valence-corrected chi connectivity index (χ2v) is 12.8. The van der Waals surface area contributed by atoms with Crippen molar-refractivity contribution in [2.75, 3.05) is 38.5 Å². The molecular weight excluding hydrogens is 534 g/mol. The lowest BCUT2D eigenvalue weighted by atomic mass is 9.90. The summed E-state index contributed by atoms with van der Waals surface area (Å²) >= 11 is 0. The van der Waals surface area contributed by atoms with Crippen LogP contribution in [0.1, 0.15) is 91.0 Å². The fraction of sp³-hybridized carbons (Fsp3) is 0.688. The maximum atomic E-state index is 13.5. The van der Waals surface area contributed by atoms with Gasteiger partial charge in [0.25, 0.3) is 0 Å². The zero-order valence-corrected chi connectivity index (χ0v) is 26.3. The Balaban J connectivity index is 1.73. The third kappa shape index (κ3) is 10.00. The molecule has 10 nitrogen and oxygen atoms in total. The molecule has 1 aliphatic carbocycles. The molecule has 2 aliphatic rings. The lowest BCUT2D eigenvalue weighted by molar-refractivity contribution is -0.138. The molecule has 0 spiro atoms. The summed E-state index contributed by atoms with van der Waals surface area (Å²) in [6.07, 6.45) is 5.76. The Kier molecular flexibility index (Phi) is 12.2. The molecule has 3 rings (SSSR count). The molecule has 0 radical (unpaired) electrons. The van der Waals surface area contributed by atoms with E-state index in [9.17, 15) is 19.2 Å². The van der Waals surface area contributed by atoms with Crippen molar-refractivity contribution in [3.63, 3.8) is 0 Å². The highest BCUT2D eigenvalue weighted by Gasteiger charge is 2.34. The second kappa shape index (κ2) is 15.4. The fourth-order valence-electron chi connectivity index (χ4n) is 5.66.